The van der Waals surface area contributed by atoms with Crippen LogP contribution < -0.4 is 33.2 Å². The van der Waals surface area contributed by atoms with Crippen molar-refractivity contribution >= 4 is 47.7 Å². The number of likely N-dealkylation sites (N-methyl/N-ethyl adjacent to an activating group) is 1. The van der Waals surface area contributed by atoms with Gasteiger partial charge in [-0.05, 0) is 82.9 Å². The van der Waals surface area contributed by atoms with Crippen LogP contribution in [0, 0.1) is 5.92 Å². The fourth-order valence-corrected chi connectivity index (χ4v) is 8.31. The zero-order valence-electron chi connectivity index (χ0n) is 31.3. The highest BCUT2D eigenvalue weighted by molar-refractivity contribution is 5.94. The van der Waals surface area contributed by atoms with Crippen LogP contribution in [0.5, 0.6) is 0 Å². The maximum atomic E-state index is 6.40. The number of nitrogens with two attached hydrogens (primary N) is 3. The molecule has 2 aliphatic heterocycles. The average molecular weight is 715 g/mol. The lowest BCUT2D eigenvalue weighted by Crippen LogP contribution is -2.37. The van der Waals surface area contributed by atoms with Crippen molar-refractivity contribution < 1.29 is 0 Å². The highest BCUT2D eigenvalue weighted by Gasteiger charge is 2.40. The third-order valence-corrected chi connectivity index (χ3v) is 11.1. The highest BCUT2D eigenvalue weighted by atomic mass is 15.0. The first-order valence-corrected chi connectivity index (χ1v) is 18.8. The van der Waals surface area contributed by atoms with Crippen LogP contribution in [0.15, 0.2) is 130 Å². The Labute approximate surface area is 319 Å². The summed E-state index contributed by atoms with van der Waals surface area (Å²) in [5, 5.41) is 10.4. The molecular formula is C46H50N8. The first-order chi connectivity index (χ1) is 26.5. The topological polar surface area (TPSA) is 139 Å². The van der Waals surface area contributed by atoms with E-state index in [4.69, 9.17) is 27.2 Å². The van der Waals surface area contributed by atoms with E-state index in [-0.39, 0.29) is 17.4 Å². The van der Waals surface area contributed by atoms with Gasteiger partial charge in [-0.1, -0.05) is 98.8 Å². The van der Waals surface area contributed by atoms with E-state index in [1.807, 2.05) is 43.8 Å². The van der Waals surface area contributed by atoms with Gasteiger partial charge >= 0.3 is 0 Å². The van der Waals surface area contributed by atoms with E-state index >= 15 is 0 Å². The Morgan fingerprint density at radius 2 is 1.57 bits per heavy atom. The van der Waals surface area contributed by atoms with E-state index in [9.17, 15) is 0 Å². The van der Waals surface area contributed by atoms with Crippen LogP contribution in [0.1, 0.15) is 60.1 Å². The summed E-state index contributed by atoms with van der Waals surface area (Å²) in [6.07, 6.45) is 29.7. The van der Waals surface area contributed by atoms with Gasteiger partial charge in [0.15, 0.2) is 0 Å². The summed E-state index contributed by atoms with van der Waals surface area (Å²) < 4.78 is 0. The quantitative estimate of drug-likeness (QED) is 0.0882. The van der Waals surface area contributed by atoms with Gasteiger partial charge in [-0.3, -0.25) is 9.98 Å². The number of nitrogens with one attached hydrogen (secondary N) is 3. The van der Waals surface area contributed by atoms with E-state index in [2.05, 4.69) is 109 Å². The minimum absolute atomic E-state index is 0.00984. The van der Waals surface area contributed by atoms with Crippen molar-refractivity contribution in [1.82, 2.24) is 10.6 Å². The molecule has 54 heavy (non-hydrogen) atoms. The van der Waals surface area contributed by atoms with Gasteiger partial charge in [0.05, 0.1) is 24.0 Å². The van der Waals surface area contributed by atoms with E-state index in [0.717, 1.165) is 57.9 Å². The van der Waals surface area contributed by atoms with Gasteiger partial charge in [0.25, 0.3) is 0 Å². The second kappa shape index (κ2) is 15.8. The molecule has 0 saturated heterocycles. The van der Waals surface area contributed by atoms with Crippen molar-refractivity contribution in [3.8, 4) is 11.1 Å². The van der Waals surface area contributed by atoms with Gasteiger partial charge in [0, 0.05) is 71.1 Å². The zero-order valence-corrected chi connectivity index (χ0v) is 31.3. The lowest BCUT2D eigenvalue weighted by Gasteiger charge is -2.32. The van der Waals surface area contributed by atoms with E-state index in [1.54, 1.807) is 12.3 Å². The fraction of sp³-hybridized carbons (Fsp3) is 0.217. The zero-order chi connectivity index (χ0) is 37.7. The second-order valence-electron chi connectivity index (χ2n) is 13.9. The maximum Gasteiger partial charge on any atom is 0.0994 e. The predicted octanol–water partition coefficient (Wildman–Crippen LogP) is 7.91. The number of hydrogen-bond donors (Lipinski definition) is 6. The molecule has 8 nitrogen and oxygen atoms in total. The molecule has 3 aromatic rings. The van der Waals surface area contributed by atoms with Gasteiger partial charge in [-0.2, -0.15) is 0 Å². The summed E-state index contributed by atoms with van der Waals surface area (Å²) in [5.41, 5.74) is 32.9. The van der Waals surface area contributed by atoms with E-state index in [0.29, 0.717) is 18.8 Å². The van der Waals surface area contributed by atoms with Gasteiger partial charge < -0.3 is 33.2 Å². The lowest BCUT2D eigenvalue weighted by atomic mass is 9.73. The number of fused-ring (bicyclic) bond motifs is 5. The van der Waals surface area contributed by atoms with Gasteiger partial charge in [-0.15, -0.1) is 0 Å². The molecular weight excluding hydrogens is 665 g/mol. The molecule has 274 valence electrons. The molecule has 0 aromatic heterocycles. The molecule has 0 spiro atoms. The molecule has 8 heteroatoms. The summed E-state index contributed by atoms with van der Waals surface area (Å²) in [7, 11) is 1.93. The Hall–Kier alpha value is -6.28. The Kier molecular flexibility index (Phi) is 10.5. The highest BCUT2D eigenvalue weighted by Crippen LogP contribution is 2.53. The average Bonchev–Trinajstić information content (AvgIpc) is 3.49. The van der Waals surface area contributed by atoms with Crippen molar-refractivity contribution in [2.75, 3.05) is 25.5 Å². The Balaban J connectivity index is 1.17. The standard InChI is InChI=1S/C46H50N8/c1-4-46(5-2)38-28-30(10-14-32-16-20-36(40(49)8-6-22-47)44-42(32)51-24-26-53-44)12-18-34(38)35-19-13-31(29-39(35)46)11-15-33-17-21-37(41(50-3)9-7-23-48)45-43(33)52-25-27-54-45/h6-25,28-29,33,43,50,53-54H,4-5,26-27,47-49H2,1-3H3/b14-10+,15-11+,22-6-,23-7-,40-8-,41-9-. The first-order valence-electron chi connectivity index (χ1n) is 18.8. The van der Waals surface area contributed by atoms with Crippen LogP contribution >= 0.6 is 0 Å². The Morgan fingerprint density at radius 1 is 0.870 bits per heavy atom. The second-order valence-corrected chi connectivity index (χ2v) is 13.9. The van der Waals surface area contributed by atoms with E-state index in [1.165, 1.54) is 34.0 Å². The molecule has 2 unspecified atom stereocenters. The SMILES string of the molecule is CCC1(CC)c2cc(/C=C/c3ccc(/C(N)=C/C=C\N)c4c3N=CCN4)ccc2-c2ccc(/C=C/C3C=CC(/C(=C/C=C\N)NC)=C4NCC=NC43)cc21. The van der Waals surface area contributed by atoms with Gasteiger partial charge in [0.1, 0.15) is 0 Å². The monoisotopic (exact) mass is 714 g/mol. The maximum absolute atomic E-state index is 6.40. The van der Waals surface area contributed by atoms with Crippen molar-refractivity contribution in [1.29, 1.82) is 0 Å². The number of benzene rings is 3. The smallest absolute Gasteiger partial charge is 0.0994 e. The Morgan fingerprint density at radius 3 is 2.28 bits per heavy atom. The van der Waals surface area contributed by atoms with Crippen molar-refractivity contribution in [2.24, 2.45) is 33.1 Å². The number of nitrogens with zero attached hydrogens (tertiary/aromatic N) is 2. The minimum atomic E-state index is -0.0732. The summed E-state index contributed by atoms with van der Waals surface area (Å²) in [5.74, 6) is 0.128. The first kappa shape index (κ1) is 36.1. The van der Waals surface area contributed by atoms with E-state index < -0.39 is 0 Å². The third-order valence-electron chi connectivity index (χ3n) is 11.1. The molecule has 0 bridgehead atoms. The van der Waals surface area contributed by atoms with Crippen LogP contribution in [-0.2, 0) is 5.41 Å². The Bertz CT molecular complexity index is 2240. The summed E-state index contributed by atoms with van der Waals surface area (Å²) in [6.45, 7) is 6.00. The van der Waals surface area contributed by atoms with Crippen LogP contribution in [0.4, 0.5) is 11.4 Å². The van der Waals surface area contributed by atoms with Crippen LogP contribution in [0.2, 0.25) is 0 Å². The van der Waals surface area contributed by atoms with Gasteiger partial charge in [-0.25, -0.2) is 0 Å². The lowest BCUT2D eigenvalue weighted by molar-refractivity contribution is 0.490. The summed E-state index contributed by atoms with van der Waals surface area (Å²) >= 11 is 0. The number of aliphatic imine (C=N–C) groups is 2. The summed E-state index contributed by atoms with van der Waals surface area (Å²) in [4.78, 5) is 9.70. The molecule has 2 aliphatic carbocycles. The molecule has 0 amide bonds. The van der Waals surface area contributed by atoms with Crippen LogP contribution in [0.3, 0.4) is 0 Å². The molecule has 7 rings (SSSR count). The number of allylic oxidation sites excluding steroid dienone is 5. The molecule has 9 N–H and O–H groups in total. The molecule has 3 aromatic carbocycles. The number of anilines is 1. The van der Waals surface area contributed by atoms with Crippen molar-refractivity contribution in [3.63, 3.8) is 0 Å². The molecule has 0 saturated carbocycles. The normalized spacial score (nSPS) is 20.1. The van der Waals surface area contributed by atoms with Crippen molar-refractivity contribution in [3.05, 3.63) is 154 Å². The molecule has 0 radical (unpaired) electrons. The van der Waals surface area contributed by atoms with Crippen LogP contribution in [0.25, 0.3) is 35.1 Å². The number of hydrogen-bond acceptors (Lipinski definition) is 8. The van der Waals surface area contributed by atoms with Gasteiger partial charge in [0.2, 0.25) is 0 Å². The predicted molar refractivity (Wildman–Crippen MR) is 230 cm³/mol. The third kappa shape index (κ3) is 6.60. The largest absolute Gasteiger partial charge is 0.405 e. The number of rotatable bonds is 11. The molecule has 0 fully saturated rings. The molecule has 2 atom stereocenters. The molecule has 4 aliphatic rings. The van der Waals surface area contributed by atoms with Crippen molar-refractivity contribution in [2.45, 2.75) is 38.1 Å². The minimum Gasteiger partial charge on any atom is -0.405 e. The molecule has 2 heterocycles. The summed E-state index contributed by atoms with van der Waals surface area (Å²) in [6, 6.07) is 18.0. The van der Waals surface area contributed by atoms with Crippen LogP contribution in [-0.4, -0.2) is 38.6 Å². The fourth-order valence-electron chi connectivity index (χ4n) is 8.31.